The van der Waals surface area contributed by atoms with Crippen molar-refractivity contribution in [3.63, 3.8) is 0 Å². The third-order valence-corrected chi connectivity index (χ3v) is 3.64. The second-order valence-corrected chi connectivity index (χ2v) is 5.24. The van der Waals surface area contributed by atoms with Crippen molar-refractivity contribution in [2.45, 2.75) is 6.54 Å². The van der Waals surface area contributed by atoms with E-state index in [2.05, 4.69) is 10.2 Å². The molecule has 0 unspecified atom stereocenters. The molecule has 0 atom stereocenters. The average molecular weight is 302 g/mol. The molecule has 22 heavy (non-hydrogen) atoms. The fourth-order valence-electron chi connectivity index (χ4n) is 2.23. The van der Waals surface area contributed by atoms with Gasteiger partial charge in [0.15, 0.2) is 0 Å². The van der Waals surface area contributed by atoms with Crippen molar-refractivity contribution >= 4 is 5.91 Å². The summed E-state index contributed by atoms with van der Waals surface area (Å²) in [6.07, 6.45) is 1.37. The van der Waals surface area contributed by atoms with Gasteiger partial charge >= 0.3 is 0 Å². The van der Waals surface area contributed by atoms with Crippen LogP contribution in [0.5, 0.6) is 0 Å². The van der Waals surface area contributed by atoms with Crippen LogP contribution in [0.4, 0.5) is 4.39 Å². The van der Waals surface area contributed by atoms with Crippen molar-refractivity contribution in [2.75, 3.05) is 33.2 Å². The largest absolute Gasteiger partial charge is 0.385 e. The Labute approximate surface area is 129 Å². The highest BCUT2D eigenvalue weighted by Crippen LogP contribution is 2.07. The number of rotatable bonds is 4. The number of nitrogens with zero attached hydrogens (tertiary/aromatic N) is 3. The van der Waals surface area contributed by atoms with Gasteiger partial charge < -0.3 is 15.1 Å². The molecular formula is C16H19FN4O. The van der Waals surface area contributed by atoms with E-state index in [0.717, 1.165) is 13.1 Å². The van der Waals surface area contributed by atoms with Crippen LogP contribution < -0.4 is 5.32 Å². The molecule has 0 spiro atoms. The van der Waals surface area contributed by atoms with Crippen molar-refractivity contribution in [3.8, 4) is 6.07 Å². The Bertz CT molecular complexity index is 600. The topological polar surface area (TPSA) is 59.4 Å². The van der Waals surface area contributed by atoms with E-state index >= 15 is 0 Å². The van der Waals surface area contributed by atoms with Gasteiger partial charge in [0.25, 0.3) is 5.91 Å². The normalized spacial score (nSPS) is 16.2. The van der Waals surface area contributed by atoms with Crippen molar-refractivity contribution in [3.05, 3.63) is 47.4 Å². The third-order valence-electron chi connectivity index (χ3n) is 3.64. The maximum Gasteiger partial charge on any atom is 0.266 e. The number of carbonyl (C=O) groups excluding carboxylic acids is 1. The molecule has 1 aliphatic heterocycles. The number of halogens is 1. The molecule has 1 fully saturated rings. The molecule has 2 rings (SSSR count). The summed E-state index contributed by atoms with van der Waals surface area (Å²) in [7, 11) is 2.00. The third kappa shape index (κ3) is 4.06. The lowest BCUT2D eigenvalue weighted by molar-refractivity contribution is -0.128. The first kappa shape index (κ1) is 16.0. The predicted molar refractivity (Wildman–Crippen MR) is 81.0 cm³/mol. The van der Waals surface area contributed by atoms with Crippen molar-refractivity contribution in [1.82, 2.24) is 15.1 Å². The van der Waals surface area contributed by atoms with E-state index in [-0.39, 0.29) is 23.8 Å². The number of likely N-dealkylation sites (N-methyl/N-ethyl adjacent to an activating group) is 1. The highest BCUT2D eigenvalue weighted by Gasteiger charge is 2.21. The smallest absolute Gasteiger partial charge is 0.266 e. The summed E-state index contributed by atoms with van der Waals surface area (Å²) in [5.74, 6) is -0.594. The molecule has 6 heteroatoms. The van der Waals surface area contributed by atoms with Crippen LogP contribution >= 0.6 is 0 Å². The zero-order valence-electron chi connectivity index (χ0n) is 12.6. The second-order valence-electron chi connectivity index (χ2n) is 5.24. The molecule has 1 heterocycles. The summed E-state index contributed by atoms with van der Waals surface area (Å²) < 4.78 is 13.5. The predicted octanol–water partition coefficient (Wildman–Crippen LogP) is 1.10. The molecule has 0 saturated carbocycles. The number of hydrogen-bond acceptors (Lipinski definition) is 4. The number of nitrogens with one attached hydrogen (secondary N) is 1. The molecule has 1 amide bonds. The summed E-state index contributed by atoms with van der Waals surface area (Å²) >= 11 is 0. The summed E-state index contributed by atoms with van der Waals surface area (Å²) in [6.45, 7) is 3.05. The van der Waals surface area contributed by atoms with Gasteiger partial charge in [-0.25, -0.2) is 4.39 Å². The number of nitriles is 1. The van der Waals surface area contributed by atoms with E-state index in [4.69, 9.17) is 5.26 Å². The van der Waals surface area contributed by atoms with Crippen molar-refractivity contribution < 1.29 is 9.18 Å². The first-order valence-corrected chi connectivity index (χ1v) is 7.16. The summed E-state index contributed by atoms with van der Waals surface area (Å²) in [5, 5.41) is 12.0. The van der Waals surface area contributed by atoms with E-state index in [9.17, 15) is 9.18 Å². The first-order valence-electron chi connectivity index (χ1n) is 7.16. The molecule has 1 N–H and O–H groups in total. The standard InChI is InChI=1S/C16H19FN4O/c1-20-6-8-21(9-7-20)16(22)14(10-18)12-19-11-13-4-2-3-5-15(13)17/h2-5,12,19H,6-9,11H2,1H3/b14-12-. The van der Waals surface area contributed by atoms with Gasteiger partial charge in [0.2, 0.25) is 0 Å². The molecule has 1 saturated heterocycles. The van der Waals surface area contributed by atoms with Crippen LogP contribution in [-0.4, -0.2) is 48.9 Å². The number of carbonyl (C=O) groups is 1. The Morgan fingerprint density at radius 1 is 1.36 bits per heavy atom. The fourth-order valence-corrected chi connectivity index (χ4v) is 2.23. The van der Waals surface area contributed by atoms with Gasteiger partial charge in [0.05, 0.1) is 0 Å². The van der Waals surface area contributed by atoms with Gasteiger partial charge in [-0.15, -0.1) is 0 Å². The number of piperazine rings is 1. The molecule has 5 nitrogen and oxygen atoms in total. The van der Waals surface area contributed by atoms with Crippen LogP contribution in [-0.2, 0) is 11.3 Å². The molecular weight excluding hydrogens is 283 g/mol. The van der Waals surface area contributed by atoms with Gasteiger partial charge in [-0.2, -0.15) is 5.26 Å². The highest BCUT2D eigenvalue weighted by molar-refractivity contribution is 5.97. The summed E-state index contributed by atoms with van der Waals surface area (Å²) in [6, 6.07) is 8.30. The number of benzene rings is 1. The number of hydrogen-bond donors (Lipinski definition) is 1. The van der Waals surface area contributed by atoms with Gasteiger partial charge in [-0.05, 0) is 13.1 Å². The SMILES string of the molecule is CN1CCN(C(=O)/C(C#N)=C\NCc2ccccc2F)CC1. The van der Waals surface area contributed by atoms with E-state index in [1.54, 1.807) is 23.1 Å². The Kier molecular flexibility index (Phi) is 5.50. The second kappa shape index (κ2) is 7.57. The van der Waals surface area contributed by atoms with Gasteiger partial charge in [-0.1, -0.05) is 18.2 Å². The van der Waals surface area contributed by atoms with Crippen LogP contribution in [0.15, 0.2) is 36.0 Å². The average Bonchev–Trinajstić information content (AvgIpc) is 2.53. The molecule has 0 aromatic heterocycles. The molecule has 1 aromatic rings. The Morgan fingerprint density at radius 2 is 2.05 bits per heavy atom. The lowest BCUT2D eigenvalue weighted by Gasteiger charge is -2.32. The fraction of sp³-hybridized carbons (Fsp3) is 0.375. The van der Waals surface area contributed by atoms with Gasteiger partial charge in [0, 0.05) is 44.5 Å². The minimum absolute atomic E-state index is 0.0425. The zero-order valence-corrected chi connectivity index (χ0v) is 12.6. The highest BCUT2D eigenvalue weighted by atomic mass is 19.1. The minimum Gasteiger partial charge on any atom is -0.385 e. The molecule has 1 aliphatic rings. The Morgan fingerprint density at radius 3 is 2.68 bits per heavy atom. The first-order chi connectivity index (χ1) is 10.6. The number of amides is 1. The van der Waals surface area contributed by atoms with E-state index in [0.29, 0.717) is 18.7 Å². The van der Waals surface area contributed by atoms with E-state index in [1.165, 1.54) is 12.3 Å². The molecule has 0 radical (unpaired) electrons. The maximum atomic E-state index is 13.5. The molecule has 0 bridgehead atoms. The van der Waals surface area contributed by atoms with Gasteiger partial charge in [0.1, 0.15) is 17.5 Å². The van der Waals surface area contributed by atoms with Crippen LogP contribution in [0.2, 0.25) is 0 Å². The van der Waals surface area contributed by atoms with E-state index < -0.39 is 0 Å². The van der Waals surface area contributed by atoms with E-state index in [1.807, 2.05) is 13.1 Å². The quantitative estimate of drug-likeness (QED) is 0.668. The Balaban J connectivity index is 1.95. The summed E-state index contributed by atoms with van der Waals surface area (Å²) in [4.78, 5) is 16.0. The molecule has 116 valence electrons. The molecule has 0 aliphatic carbocycles. The van der Waals surface area contributed by atoms with Crippen LogP contribution in [0.1, 0.15) is 5.56 Å². The lowest BCUT2D eigenvalue weighted by Crippen LogP contribution is -2.47. The maximum absolute atomic E-state index is 13.5. The van der Waals surface area contributed by atoms with Crippen molar-refractivity contribution in [2.24, 2.45) is 0 Å². The summed E-state index contributed by atoms with van der Waals surface area (Å²) in [5.41, 5.74) is 0.531. The molecule has 1 aromatic carbocycles. The van der Waals surface area contributed by atoms with Crippen LogP contribution in [0, 0.1) is 17.1 Å². The van der Waals surface area contributed by atoms with Crippen molar-refractivity contribution in [1.29, 1.82) is 5.26 Å². The minimum atomic E-state index is -0.313. The zero-order chi connectivity index (χ0) is 15.9. The van der Waals surface area contributed by atoms with Gasteiger partial charge in [-0.3, -0.25) is 4.79 Å². The van der Waals surface area contributed by atoms with Crippen LogP contribution in [0.25, 0.3) is 0 Å². The van der Waals surface area contributed by atoms with Crippen LogP contribution in [0.3, 0.4) is 0 Å². The monoisotopic (exact) mass is 302 g/mol. The Hall–Kier alpha value is -2.39. The lowest BCUT2D eigenvalue weighted by atomic mass is 10.2.